The van der Waals surface area contributed by atoms with E-state index in [0.717, 1.165) is 11.1 Å². The van der Waals surface area contributed by atoms with Crippen LogP contribution in [0.2, 0.25) is 0 Å². The van der Waals surface area contributed by atoms with Crippen molar-refractivity contribution in [3.05, 3.63) is 42.5 Å². The minimum absolute atomic E-state index is 0.385. The standard InChI is InChI=1S/C16H19NO3/c1-16(17,15(18)19)9-4-10-20-14-8-7-12-5-2-3-6-13(12)11-14/h2-3,5-8,11H,4,9-10,17H2,1H3,(H,18,19). The molecule has 0 heterocycles. The van der Waals surface area contributed by atoms with Crippen LogP contribution in [0.3, 0.4) is 0 Å². The lowest BCUT2D eigenvalue weighted by Crippen LogP contribution is -2.44. The van der Waals surface area contributed by atoms with Crippen molar-refractivity contribution in [3.63, 3.8) is 0 Å². The first-order valence-corrected chi connectivity index (χ1v) is 6.63. The molecular weight excluding hydrogens is 254 g/mol. The van der Waals surface area contributed by atoms with Gasteiger partial charge in [-0.25, -0.2) is 0 Å². The number of carbonyl (C=O) groups is 1. The molecule has 4 heteroatoms. The predicted molar refractivity (Wildman–Crippen MR) is 78.9 cm³/mol. The summed E-state index contributed by atoms with van der Waals surface area (Å²) in [5.41, 5.74) is 4.47. The molecule has 0 radical (unpaired) electrons. The highest BCUT2D eigenvalue weighted by Crippen LogP contribution is 2.21. The second-order valence-corrected chi connectivity index (χ2v) is 5.18. The summed E-state index contributed by atoms with van der Waals surface area (Å²) >= 11 is 0. The Balaban J connectivity index is 1.88. The van der Waals surface area contributed by atoms with E-state index in [2.05, 4.69) is 0 Å². The van der Waals surface area contributed by atoms with Gasteiger partial charge in [-0.3, -0.25) is 4.79 Å². The molecule has 2 aromatic carbocycles. The molecule has 0 amide bonds. The van der Waals surface area contributed by atoms with E-state index in [1.165, 1.54) is 12.3 Å². The number of hydrogen-bond donors (Lipinski definition) is 2. The fraction of sp³-hybridized carbons (Fsp3) is 0.312. The first kappa shape index (κ1) is 14.3. The smallest absolute Gasteiger partial charge is 0.323 e. The van der Waals surface area contributed by atoms with Gasteiger partial charge in [0.25, 0.3) is 0 Å². The summed E-state index contributed by atoms with van der Waals surface area (Å²) in [4.78, 5) is 10.9. The van der Waals surface area contributed by atoms with Gasteiger partial charge in [-0.15, -0.1) is 0 Å². The van der Waals surface area contributed by atoms with Gasteiger partial charge in [-0.1, -0.05) is 30.3 Å². The Morgan fingerprint density at radius 3 is 2.65 bits per heavy atom. The minimum Gasteiger partial charge on any atom is -0.494 e. The van der Waals surface area contributed by atoms with E-state index in [1.54, 1.807) is 0 Å². The lowest BCUT2D eigenvalue weighted by molar-refractivity contribution is -0.142. The number of rotatable bonds is 6. The Hall–Kier alpha value is -2.07. The monoisotopic (exact) mass is 273 g/mol. The SMILES string of the molecule is CC(N)(CCCOc1ccc2ccccc2c1)C(=O)O. The van der Waals surface area contributed by atoms with Crippen LogP contribution >= 0.6 is 0 Å². The molecule has 0 fully saturated rings. The summed E-state index contributed by atoms with van der Waals surface area (Å²) in [5, 5.41) is 11.2. The van der Waals surface area contributed by atoms with Crippen LogP contribution < -0.4 is 10.5 Å². The quantitative estimate of drug-likeness (QED) is 0.794. The van der Waals surface area contributed by atoms with Crippen molar-refractivity contribution in [1.29, 1.82) is 0 Å². The number of fused-ring (bicyclic) bond motifs is 1. The summed E-state index contributed by atoms with van der Waals surface area (Å²) in [7, 11) is 0. The molecule has 3 N–H and O–H groups in total. The van der Waals surface area contributed by atoms with Crippen LogP contribution in [0.1, 0.15) is 19.8 Å². The number of ether oxygens (including phenoxy) is 1. The summed E-state index contributed by atoms with van der Waals surface area (Å²) in [6, 6.07) is 14.0. The number of carboxylic acids is 1. The zero-order chi connectivity index (χ0) is 14.6. The molecule has 2 aromatic rings. The highest BCUT2D eigenvalue weighted by Gasteiger charge is 2.26. The molecule has 0 aliphatic carbocycles. The van der Waals surface area contributed by atoms with Gasteiger partial charge in [-0.2, -0.15) is 0 Å². The summed E-state index contributed by atoms with van der Waals surface area (Å²) in [6.07, 6.45) is 0.988. The normalized spacial score (nSPS) is 13.9. The van der Waals surface area contributed by atoms with E-state index in [4.69, 9.17) is 15.6 Å². The van der Waals surface area contributed by atoms with Crippen LogP contribution in [0.4, 0.5) is 0 Å². The average molecular weight is 273 g/mol. The molecule has 0 aromatic heterocycles. The second kappa shape index (κ2) is 5.92. The van der Waals surface area contributed by atoms with E-state index < -0.39 is 11.5 Å². The van der Waals surface area contributed by atoms with Crippen molar-refractivity contribution in [1.82, 2.24) is 0 Å². The molecule has 4 nitrogen and oxygen atoms in total. The van der Waals surface area contributed by atoms with E-state index in [0.29, 0.717) is 19.4 Å². The van der Waals surface area contributed by atoms with Gasteiger partial charge in [0, 0.05) is 0 Å². The second-order valence-electron chi connectivity index (χ2n) is 5.18. The van der Waals surface area contributed by atoms with Crippen LogP contribution in [-0.4, -0.2) is 23.2 Å². The van der Waals surface area contributed by atoms with Crippen molar-refractivity contribution in [2.24, 2.45) is 5.73 Å². The van der Waals surface area contributed by atoms with Crippen LogP contribution in [0.5, 0.6) is 5.75 Å². The van der Waals surface area contributed by atoms with Gasteiger partial charge < -0.3 is 15.6 Å². The Morgan fingerprint density at radius 1 is 1.25 bits per heavy atom. The summed E-state index contributed by atoms with van der Waals surface area (Å²) in [5.74, 6) is -0.194. The molecule has 2 rings (SSSR count). The number of benzene rings is 2. The Labute approximate surface area is 118 Å². The molecule has 1 atom stereocenters. The van der Waals surface area contributed by atoms with Gasteiger partial charge in [0.05, 0.1) is 6.61 Å². The Kier molecular flexibility index (Phi) is 4.25. The highest BCUT2D eigenvalue weighted by atomic mass is 16.5. The van der Waals surface area contributed by atoms with E-state index >= 15 is 0 Å². The highest BCUT2D eigenvalue weighted by molar-refractivity contribution is 5.83. The zero-order valence-electron chi connectivity index (χ0n) is 11.5. The van der Waals surface area contributed by atoms with Gasteiger partial charge in [0.2, 0.25) is 0 Å². The topological polar surface area (TPSA) is 72.5 Å². The number of aliphatic carboxylic acids is 1. The van der Waals surface area contributed by atoms with Crippen LogP contribution in [0.15, 0.2) is 42.5 Å². The van der Waals surface area contributed by atoms with Crippen molar-refractivity contribution in [3.8, 4) is 5.75 Å². The number of hydrogen-bond acceptors (Lipinski definition) is 3. The van der Waals surface area contributed by atoms with Crippen LogP contribution in [0.25, 0.3) is 10.8 Å². The molecule has 0 aliphatic heterocycles. The molecule has 20 heavy (non-hydrogen) atoms. The molecule has 0 saturated carbocycles. The third-order valence-electron chi connectivity index (χ3n) is 3.32. The first-order valence-electron chi connectivity index (χ1n) is 6.63. The van der Waals surface area contributed by atoms with Gasteiger partial charge in [0.15, 0.2) is 0 Å². The third kappa shape index (κ3) is 3.48. The third-order valence-corrected chi connectivity index (χ3v) is 3.32. The van der Waals surface area contributed by atoms with Crippen molar-refractivity contribution >= 4 is 16.7 Å². The number of nitrogens with two attached hydrogens (primary N) is 1. The fourth-order valence-electron chi connectivity index (χ4n) is 1.99. The van der Waals surface area contributed by atoms with Crippen LogP contribution in [-0.2, 0) is 4.79 Å². The van der Waals surface area contributed by atoms with E-state index in [9.17, 15) is 4.79 Å². The summed E-state index contributed by atoms with van der Waals surface area (Å²) in [6.45, 7) is 1.98. The molecule has 0 aliphatic rings. The molecule has 0 spiro atoms. The minimum atomic E-state index is -1.19. The lowest BCUT2D eigenvalue weighted by atomic mass is 9.98. The van der Waals surface area contributed by atoms with E-state index in [1.807, 2.05) is 42.5 Å². The average Bonchev–Trinajstić information content (AvgIpc) is 2.43. The maximum absolute atomic E-state index is 10.9. The van der Waals surface area contributed by atoms with Crippen molar-refractivity contribution in [2.75, 3.05) is 6.61 Å². The first-order chi connectivity index (χ1) is 9.49. The zero-order valence-corrected chi connectivity index (χ0v) is 11.5. The van der Waals surface area contributed by atoms with Gasteiger partial charge in [0.1, 0.15) is 11.3 Å². The molecular formula is C16H19NO3. The molecule has 1 unspecified atom stereocenters. The number of carboxylic acid groups (broad SMARTS) is 1. The van der Waals surface area contributed by atoms with Crippen LogP contribution in [0, 0.1) is 0 Å². The molecule has 0 bridgehead atoms. The fourth-order valence-corrected chi connectivity index (χ4v) is 1.99. The van der Waals surface area contributed by atoms with E-state index in [-0.39, 0.29) is 0 Å². The maximum atomic E-state index is 10.9. The Morgan fingerprint density at radius 2 is 1.95 bits per heavy atom. The van der Waals surface area contributed by atoms with Crippen molar-refractivity contribution < 1.29 is 14.6 Å². The lowest BCUT2D eigenvalue weighted by Gasteiger charge is -2.18. The van der Waals surface area contributed by atoms with Crippen molar-refractivity contribution in [2.45, 2.75) is 25.3 Å². The predicted octanol–water partition coefficient (Wildman–Crippen LogP) is 2.80. The van der Waals surface area contributed by atoms with Gasteiger partial charge >= 0.3 is 5.97 Å². The largest absolute Gasteiger partial charge is 0.494 e. The molecule has 106 valence electrons. The Bertz CT molecular complexity index is 607. The maximum Gasteiger partial charge on any atom is 0.323 e. The van der Waals surface area contributed by atoms with Gasteiger partial charge in [-0.05, 0) is 42.7 Å². The summed E-state index contributed by atoms with van der Waals surface area (Å²) < 4.78 is 5.64. The molecule has 0 saturated heterocycles.